The molecule has 0 aliphatic carbocycles. The van der Waals surface area contributed by atoms with Gasteiger partial charge in [-0.05, 0) is 83.3 Å². The van der Waals surface area contributed by atoms with Crippen molar-refractivity contribution in [3.63, 3.8) is 0 Å². The molecule has 0 aromatic heterocycles. The quantitative estimate of drug-likeness (QED) is 0.185. The van der Waals surface area contributed by atoms with Crippen molar-refractivity contribution in [2.24, 2.45) is 0 Å². The van der Waals surface area contributed by atoms with Gasteiger partial charge in [-0.1, -0.05) is 62.7 Å². The zero-order valence-electron chi connectivity index (χ0n) is 22.5. The number of halogens is 1. The van der Waals surface area contributed by atoms with Gasteiger partial charge in [0.2, 0.25) is 0 Å². The molecule has 0 radical (unpaired) electrons. The molecule has 0 saturated carbocycles. The largest absolute Gasteiger partial charge is 0.490 e. The SMILES string of the molecule is CCOc1cc(/C=C2\SC(=O)N(Cc3cccc(Cl)c3)C2=O)ccc1OCCOc1ccc(C(C)(C)C)cc1. The molecule has 6 nitrogen and oxygen atoms in total. The highest BCUT2D eigenvalue weighted by Gasteiger charge is 2.35. The number of amides is 2. The summed E-state index contributed by atoms with van der Waals surface area (Å²) in [6, 6.07) is 20.6. The Bertz CT molecular complexity index is 1360. The summed E-state index contributed by atoms with van der Waals surface area (Å²) in [5.41, 5.74) is 2.86. The van der Waals surface area contributed by atoms with Crippen LogP contribution in [0.2, 0.25) is 5.02 Å². The van der Waals surface area contributed by atoms with Crippen molar-refractivity contribution in [1.29, 1.82) is 0 Å². The number of benzene rings is 3. The Kier molecular flexibility index (Phi) is 9.25. The van der Waals surface area contributed by atoms with E-state index >= 15 is 0 Å². The molecule has 2 amide bonds. The fourth-order valence-corrected chi connectivity index (χ4v) is 5.02. The van der Waals surface area contributed by atoms with E-state index in [1.54, 1.807) is 36.4 Å². The van der Waals surface area contributed by atoms with E-state index in [9.17, 15) is 9.59 Å². The van der Waals surface area contributed by atoms with Crippen LogP contribution in [0.1, 0.15) is 44.4 Å². The summed E-state index contributed by atoms with van der Waals surface area (Å²) in [6.45, 7) is 9.75. The second kappa shape index (κ2) is 12.6. The summed E-state index contributed by atoms with van der Waals surface area (Å²) in [7, 11) is 0. The Hall–Kier alpha value is -3.42. The summed E-state index contributed by atoms with van der Waals surface area (Å²) < 4.78 is 17.5. The fourth-order valence-electron chi connectivity index (χ4n) is 3.97. The second-order valence-corrected chi connectivity index (χ2v) is 11.4. The van der Waals surface area contributed by atoms with Crippen LogP contribution in [0.5, 0.6) is 17.2 Å². The minimum absolute atomic E-state index is 0.0923. The molecule has 0 N–H and O–H groups in total. The van der Waals surface area contributed by atoms with E-state index in [1.165, 1.54) is 10.5 Å². The Labute approximate surface area is 238 Å². The van der Waals surface area contributed by atoms with Gasteiger partial charge >= 0.3 is 0 Å². The number of ether oxygens (including phenoxy) is 3. The molecular formula is C31H32ClNO5S. The first-order valence-corrected chi connectivity index (χ1v) is 14.0. The van der Waals surface area contributed by atoms with Crippen molar-refractivity contribution in [2.45, 2.75) is 39.7 Å². The maximum Gasteiger partial charge on any atom is 0.293 e. The highest BCUT2D eigenvalue weighted by Crippen LogP contribution is 2.35. The van der Waals surface area contributed by atoms with Crippen LogP contribution >= 0.6 is 23.4 Å². The van der Waals surface area contributed by atoms with E-state index in [4.69, 9.17) is 25.8 Å². The molecule has 1 saturated heterocycles. The molecule has 0 bridgehead atoms. The Morgan fingerprint density at radius 1 is 0.897 bits per heavy atom. The van der Waals surface area contributed by atoms with Crippen LogP contribution in [0.4, 0.5) is 4.79 Å². The molecule has 1 aliphatic rings. The van der Waals surface area contributed by atoms with E-state index in [0.717, 1.165) is 28.6 Å². The fraction of sp³-hybridized carbons (Fsp3) is 0.290. The lowest BCUT2D eigenvalue weighted by Gasteiger charge is -2.19. The lowest BCUT2D eigenvalue weighted by molar-refractivity contribution is -0.123. The second-order valence-electron chi connectivity index (χ2n) is 10.0. The molecule has 39 heavy (non-hydrogen) atoms. The summed E-state index contributed by atoms with van der Waals surface area (Å²) in [5.74, 6) is 1.58. The summed E-state index contributed by atoms with van der Waals surface area (Å²) in [5, 5.41) is 0.242. The van der Waals surface area contributed by atoms with Crippen LogP contribution in [-0.4, -0.2) is 35.9 Å². The van der Waals surface area contributed by atoms with Crippen molar-refractivity contribution in [1.82, 2.24) is 4.90 Å². The molecule has 1 aliphatic heterocycles. The molecular weight excluding hydrogens is 534 g/mol. The highest BCUT2D eigenvalue weighted by atomic mass is 35.5. The zero-order chi connectivity index (χ0) is 28.0. The van der Waals surface area contributed by atoms with Gasteiger partial charge in [-0.2, -0.15) is 0 Å². The number of thioether (sulfide) groups is 1. The Balaban J connectivity index is 1.38. The van der Waals surface area contributed by atoms with Gasteiger partial charge < -0.3 is 14.2 Å². The van der Waals surface area contributed by atoms with Crippen molar-refractivity contribution in [3.8, 4) is 17.2 Å². The van der Waals surface area contributed by atoms with Crippen LogP contribution in [-0.2, 0) is 16.8 Å². The number of carbonyl (C=O) groups is 2. The zero-order valence-corrected chi connectivity index (χ0v) is 24.1. The molecule has 4 rings (SSSR count). The average Bonchev–Trinajstić information content (AvgIpc) is 3.15. The highest BCUT2D eigenvalue weighted by molar-refractivity contribution is 8.18. The average molecular weight is 566 g/mol. The van der Waals surface area contributed by atoms with Gasteiger partial charge in [-0.25, -0.2) is 0 Å². The molecule has 8 heteroatoms. The summed E-state index contributed by atoms with van der Waals surface area (Å²) >= 11 is 6.96. The van der Waals surface area contributed by atoms with Gasteiger partial charge in [-0.3, -0.25) is 14.5 Å². The van der Waals surface area contributed by atoms with Gasteiger partial charge in [0.05, 0.1) is 18.1 Å². The number of imide groups is 1. The van der Waals surface area contributed by atoms with E-state index in [0.29, 0.717) is 41.2 Å². The lowest BCUT2D eigenvalue weighted by Crippen LogP contribution is -2.27. The first kappa shape index (κ1) is 28.6. The number of rotatable bonds is 10. The van der Waals surface area contributed by atoms with Gasteiger partial charge in [0.1, 0.15) is 19.0 Å². The van der Waals surface area contributed by atoms with E-state index in [-0.39, 0.29) is 23.1 Å². The Morgan fingerprint density at radius 2 is 1.64 bits per heavy atom. The normalized spacial score (nSPS) is 14.7. The summed E-state index contributed by atoms with van der Waals surface area (Å²) in [6.07, 6.45) is 1.69. The van der Waals surface area contributed by atoms with Gasteiger partial charge in [0.15, 0.2) is 11.5 Å². The third-order valence-corrected chi connectivity index (χ3v) is 7.14. The standard InChI is InChI=1S/C31H32ClNO5S/c1-5-36-27-18-21(19-28-29(34)33(30(35)39-28)20-22-7-6-8-24(32)17-22)9-14-26(27)38-16-15-37-25-12-10-23(11-13-25)31(2,3)4/h6-14,17-19H,5,15-16,20H2,1-4H3/b28-19-. The van der Waals surface area contributed by atoms with Crippen LogP contribution in [0, 0.1) is 0 Å². The van der Waals surface area contributed by atoms with Gasteiger partial charge in [0.25, 0.3) is 11.1 Å². The van der Waals surface area contributed by atoms with E-state index in [1.807, 2.05) is 31.2 Å². The smallest absolute Gasteiger partial charge is 0.293 e. The lowest BCUT2D eigenvalue weighted by atomic mass is 9.87. The minimum atomic E-state index is -0.337. The molecule has 3 aromatic carbocycles. The monoisotopic (exact) mass is 565 g/mol. The van der Waals surface area contributed by atoms with E-state index < -0.39 is 0 Å². The topological polar surface area (TPSA) is 65.1 Å². The molecule has 1 fully saturated rings. The predicted molar refractivity (Wildman–Crippen MR) is 157 cm³/mol. The third kappa shape index (κ3) is 7.58. The number of carbonyl (C=O) groups excluding carboxylic acids is 2. The van der Waals surface area contributed by atoms with Crippen molar-refractivity contribution >= 4 is 40.6 Å². The van der Waals surface area contributed by atoms with Crippen molar-refractivity contribution in [2.75, 3.05) is 19.8 Å². The third-order valence-electron chi connectivity index (χ3n) is 6.00. The number of nitrogens with zero attached hydrogens (tertiary/aromatic N) is 1. The van der Waals surface area contributed by atoms with Crippen LogP contribution in [0.3, 0.4) is 0 Å². The first-order valence-electron chi connectivity index (χ1n) is 12.8. The maximum atomic E-state index is 13.0. The van der Waals surface area contributed by atoms with Crippen LogP contribution < -0.4 is 14.2 Å². The molecule has 0 atom stereocenters. The van der Waals surface area contributed by atoms with Crippen LogP contribution in [0.25, 0.3) is 6.08 Å². The molecule has 1 heterocycles. The van der Waals surface area contributed by atoms with E-state index in [2.05, 4.69) is 32.9 Å². The molecule has 0 unspecified atom stereocenters. The van der Waals surface area contributed by atoms with Crippen LogP contribution in [0.15, 0.2) is 71.6 Å². The predicted octanol–water partition coefficient (Wildman–Crippen LogP) is 7.73. The van der Waals surface area contributed by atoms with Gasteiger partial charge in [0, 0.05) is 5.02 Å². The van der Waals surface area contributed by atoms with Crippen molar-refractivity contribution in [3.05, 3.63) is 93.3 Å². The molecule has 3 aromatic rings. The molecule has 0 spiro atoms. The molecule has 204 valence electrons. The summed E-state index contributed by atoms with van der Waals surface area (Å²) in [4.78, 5) is 27.1. The van der Waals surface area contributed by atoms with Crippen molar-refractivity contribution < 1.29 is 23.8 Å². The minimum Gasteiger partial charge on any atom is -0.490 e. The maximum absolute atomic E-state index is 13.0. The number of hydrogen-bond donors (Lipinski definition) is 0. The van der Waals surface area contributed by atoms with Gasteiger partial charge in [-0.15, -0.1) is 0 Å². The Morgan fingerprint density at radius 3 is 2.33 bits per heavy atom. The number of hydrogen-bond acceptors (Lipinski definition) is 6. The first-order chi connectivity index (χ1) is 18.6.